The fourth-order valence-electron chi connectivity index (χ4n) is 4.34. The number of methoxy groups -OCH3 is 1. The van der Waals surface area contributed by atoms with Crippen LogP contribution in [0.1, 0.15) is 16.1 Å². The molecule has 1 fully saturated rings. The molecule has 0 N–H and O–H groups in total. The molecule has 10 nitrogen and oxygen atoms in total. The molecular weight excluding hydrogens is 494 g/mol. The van der Waals surface area contributed by atoms with Crippen LogP contribution in [0.2, 0.25) is 0 Å². The van der Waals surface area contributed by atoms with Gasteiger partial charge in [-0.05, 0) is 43.3 Å². The maximum atomic E-state index is 13.6. The Hall–Kier alpha value is -3.93. The Labute approximate surface area is 214 Å². The second-order valence-corrected chi connectivity index (χ2v) is 10.6. The molecule has 1 unspecified atom stereocenters. The van der Waals surface area contributed by atoms with Crippen molar-refractivity contribution < 1.29 is 18.3 Å². The minimum atomic E-state index is -3.69. The summed E-state index contributed by atoms with van der Waals surface area (Å²) in [6.45, 7) is 2.37. The van der Waals surface area contributed by atoms with Crippen LogP contribution in [0, 0.1) is 6.92 Å². The molecule has 4 aromatic rings. The number of hydrogen-bond acceptors (Lipinski definition) is 7. The summed E-state index contributed by atoms with van der Waals surface area (Å²) in [5.74, 6) is -0.122. The minimum Gasteiger partial charge on any atom is -0.593 e. The monoisotopic (exact) mass is 519 g/mol. The van der Waals surface area contributed by atoms with E-state index in [1.54, 1.807) is 66.9 Å². The van der Waals surface area contributed by atoms with Crippen LogP contribution < -0.4 is 10.3 Å². The average Bonchev–Trinajstić information content (AvgIpc) is 2.92. The van der Waals surface area contributed by atoms with Crippen molar-refractivity contribution in [2.45, 2.75) is 11.8 Å². The first-order valence-electron chi connectivity index (χ1n) is 11.7. The summed E-state index contributed by atoms with van der Waals surface area (Å²) in [4.78, 5) is 37.5. The minimum absolute atomic E-state index is 0.109. The number of ether oxygens (including phenoxy) is 1. The Kier molecular flexibility index (Phi) is 6.59. The fraction of sp³-hybridized carbons (Fsp3) is 0.231. The van der Waals surface area contributed by atoms with Crippen molar-refractivity contribution >= 4 is 27.5 Å². The van der Waals surface area contributed by atoms with Crippen molar-refractivity contribution in [3.05, 3.63) is 88.5 Å². The van der Waals surface area contributed by atoms with E-state index in [9.17, 15) is 18.4 Å². The van der Waals surface area contributed by atoms with Gasteiger partial charge in [0, 0.05) is 19.3 Å². The van der Waals surface area contributed by atoms with Crippen LogP contribution in [0.3, 0.4) is 0 Å². The molecular formula is C26H25N5O5S. The van der Waals surface area contributed by atoms with Gasteiger partial charge in [-0.15, -0.1) is 4.31 Å². The van der Waals surface area contributed by atoms with E-state index in [1.807, 2.05) is 6.92 Å². The number of benzene rings is 2. The van der Waals surface area contributed by atoms with Gasteiger partial charge in [0.05, 0.1) is 25.9 Å². The number of nitrogens with zero attached hydrogens (tertiary/aromatic N) is 5. The maximum absolute atomic E-state index is 13.6. The van der Waals surface area contributed by atoms with Gasteiger partial charge in [-0.1, -0.05) is 34.0 Å². The van der Waals surface area contributed by atoms with Gasteiger partial charge in [0.1, 0.15) is 11.3 Å². The smallest absolute Gasteiger partial charge is 0.288 e. The highest BCUT2D eigenvalue weighted by Gasteiger charge is 2.35. The van der Waals surface area contributed by atoms with Crippen LogP contribution in [-0.4, -0.2) is 67.5 Å². The lowest BCUT2D eigenvalue weighted by atomic mass is 10.2. The van der Waals surface area contributed by atoms with E-state index < -0.39 is 21.9 Å². The van der Waals surface area contributed by atoms with E-state index in [0.29, 0.717) is 22.6 Å². The van der Waals surface area contributed by atoms with Gasteiger partial charge in [-0.25, -0.2) is 9.97 Å². The van der Waals surface area contributed by atoms with Crippen LogP contribution in [-0.2, 0) is 14.6 Å². The number of pyridine rings is 1. The van der Waals surface area contributed by atoms with Crippen molar-refractivity contribution in [2.24, 2.45) is 0 Å². The zero-order valence-electron chi connectivity index (χ0n) is 20.4. The summed E-state index contributed by atoms with van der Waals surface area (Å²) in [5, 5.41) is 0. The topological polar surface area (TPSA) is 121 Å². The van der Waals surface area contributed by atoms with Gasteiger partial charge in [0.25, 0.3) is 11.5 Å². The number of sulfonamides is 1. The normalized spacial score (nSPS) is 15.9. The number of aryl methyl sites for hydroxylation is 1. The first-order valence-corrected chi connectivity index (χ1v) is 13.1. The molecule has 11 heteroatoms. The second kappa shape index (κ2) is 9.85. The number of aromatic nitrogens is 3. The molecule has 37 heavy (non-hydrogen) atoms. The molecule has 1 aliphatic heterocycles. The van der Waals surface area contributed by atoms with E-state index in [0.717, 1.165) is 5.56 Å². The van der Waals surface area contributed by atoms with Crippen molar-refractivity contribution in [2.75, 3.05) is 33.3 Å². The van der Waals surface area contributed by atoms with Crippen LogP contribution in [0.25, 0.3) is 16.9 Å². The largest absolute Gasteiger partial charge is 0.593 e. The standard InChI is InChI=1S/C26H25N5O5S/c1-18-9-11-19(12-10-18)37(34,35)30-16-14-29(15-17-30)25(32)23-26(33)31(21-7-3-4-8-22(21)36-2)24-20(28-23)6-5-13-27-24/h3-13H,14-17H2,1-2H3. The van der Waals surface area contributed by atoms with Crippen molar-refractivity contribution in [1.82, 2.24) is 23.7 Å². The van der Waals surface area contributed by atoms with E-state index >= 15 is 0 Å². The third-order valence-corrected chi connectivity index (χ3v) is 8.24. The van der Waals surface area contributed by atoms with Crippen LogP contribution in [0.4, 0.5) is 0 Å². The number of piperazine rings is 1. The molecule has 3 heterocycles. The van der Waals surface area contributed by atoms with E-state index in [-0.39, 0.29) is 36.8 Å². The lowest BCUT2D eigenvalue weighted by Gasteiger charge is -2.35. The van der Waals surface area contributed by atoms with Gasteiger partial charge < -0.3 is 14.2 Å². The molecule has 1 saturated heterocycles. The Morgan fingerprint density at radius 1 is 1.00 bits per heavy atom. The van der Waals surface area contributed by atoms with E-state index in [2.05, 4.69) is 9.97 Å². The number of rotatable bonds is 5. The Morgan fingerprint density at radius 3 is 2.41 bits per heavy atom. The second-order valence-electron chi connectivity index (χ2n) is 8.63. The van der Waals surface area contributed by atoms with Gasteiger partial charge in [0.15, 0.2) is 26.6 Å². The van der Waals surface area contributed by atoms with Crippen LogP contribution in [0.15, 0.2) is 76.6 Å². The first-order chi connectivity index (χ1) is 17.8. The molecule has 1 atom stereocenters. The van der Waals surface area contributed by atoms with E-state index in [4.69, 9.17) is 4.74 Å². The number of carbonyl (C=O) groups is 1. The Balaban J connectivity index is 1.46. The van der Waals surface area contributed by atoms with E-state index in [1.165, 1.54) is 20.9 Å². The van der Waals surface area contributed by atoms with Crippen molar-refractivity contribution in [1.29, 1.82) is 0 Å². The quantitative estimate of drug-likeness (QED) is 0.371. The number of amides is 1. The molecule has 0 spiro atoms. The number of hydrogen-bond donors (Lipinski definition) is 0. The summed E-state index contributed by atoms with van der Waals surface area (Å²) < 4.78 is 34.2. The zero-order chi connectivity index (χ0) is 26.2. The van der Waals surface area contributed by atoms with Crippen molar-refractivity contribution in [3.8, 4) is 11.4 Å². The lowest BCUT2D eigenvalue weighted by Crippen LogP contribution is -2.53. The van der Waals surface area contributed by atoms with Crippen LogP contribution >= 0.6 is 0 Å². The molecule has 2 aromatic carbocycles. The number of para-hydroxylation sites is 2. The number of carbonyl (C=O) groups excluding carboxylic acids is 1. The molecule has 0 bridgehead atoms. The average molecular weight is 520 g/mol. The highest BCUT2D eigenvalue weighted by Crippen LogP contribution is 2.25. The third kappa shape index (κ3) is 4.52. The maximum Gasteiger partial charge on any atom is 0.288 e. The molecule has 0 saturated carbocycles. The van der Waals surface area contributed by atoms with Gasteiger partial charge in [0.2, 0.25) is 0 Å². The molecule has 1 amide bonds. The molecule has 0 aliphatic carbocycles. The fourth-order valence-corrected chi connectivity index (χ4v) is 5.76. The molecule has 5 rings (SSSR count). The summed E-state index contributed by atoms with van der Waals surface area (Å²) >= 11 is 0. The van der Waals surface area contributed by atoms with Crippen LogP contribution in [0.5, 0.6) is 5.75 Å². The molecule has 1 aliphatic rings. The third-order valence-electron chi connectivity index (χ3n) is 6.33. The summed E-state index contributed by atoms with van der Waals surface area (Å²) in [5.41, 5.74) is 1.17. The summed E-state index contributed by atoms with van der Waals surface area (Å²) in [6.07, 6.45) is 1.55. The molecule has 2 aromatic heterocycles. The number of fused-ring (bicyclic) bond motifs is 1. The Bertz CT molecular complexity index is 1580. The predicted octanol–water partition coefficient (Wildman–Crippen LogP) is 2.46. The SMILES string of the molecule is COc1ccccc1-n1c(=O)c(C(=O)N2CCN([S+](=O)([O-])c3ccc(C)cc3)CC2)nc2cccnc21. The van der Waals surface area contributed by atoms with Gasteiger partial charge >= 0.3 is 0 Å². The molecule has 190 valence electrons. The summed E-state index contributed by atoms with van der Waals surface area (Å²) in [7, 11) is -2.19. The predicted molar refractivity (Wildman–Crippen MR) is 137 cm³/mol. The zero-order valence-corrected chi connectivity index (χ0v) is 21.2. The highest BCUT2D eigenvalue weighted by molar-refractivity contribution is 7.95. The van der Waals surface area contributed by atoms with Gasteiger partial charge in [-0.3, -0.25) is 14.2 Å². The highest BCUT2D eigenvalue weighted by atomic mass is 32.3. The van der Waals surface area contributed by atoms with Crippen molar-refractivity contribution in [3.63, 3.8) is 0 Å². The lowest BCUT2D eigenvalue weighted by molar-refractivity contribution is 0.0685. The first kappa shape index (κ1) is 24.8. The van der Waals surface area contributed by atoms with Gasteiger partial charge in [-0.2, -0.15) is 0 Å². The Morgan fingerprint density at radius 2 is 1.70 bits per heavy atom. The molecule has 0 radical (unpaired) electrons. The summed E-state index contributed by atoms with van der Waals surface area (Å²) in [6, 6.07) is 17.0.